The highest BCUT2D eigenvalue weighted by Crippen LogP contribution is 2.20. The van der Waals surface area contributed by atoms with Crippen LogP contribution < -0.4 is 0 Å². The van der Waals surface area contributed by atoms with Crippen LogP contribution in [0.3, 0.4) is 0 Å². The van der Waals surface area contributed by atoms with Crippen LogP contribution in [0.1, 0.15) is 51.9 Å². The van der Waals surface area contributed by atoms with Crippen LogP contribution in [-0.4, -0.2) is 23.0 Å². The SMILES string of the molecule is CCC(OC)c1noc(CC(=O)C(C)(C)C)n1. The highest BCUT2D eigenvalue weighted by molar-refractivity contribution is 5.84. The summed E-state index contributed by atoms with van der Waals surface area (Å²) in [7, 11) is 1.60. The zero-order valence-corrected chi connectivity index (χ0v) is 11.1. The van der Waals surface area contributed by atoms with Crippen LogP contribution in [0.15, 0.2) is 4.52 Å². The van der Waals surface area contributed by atoms with Crippen LogP contribution >= 0.6 is 0 Å². The number of ketones is 1. The van der Waals surface area contributed by atoms with Crippen LogP contribution in [0.4, 0.5) is 0 Å². The third kappa shape index (κ3) is 3.63. The second kappa shape index (κ2) is 5.40. The Bertz CT molecular complexity index is 375. The molecule has 0 aliphatic carbocycles. The second-order valence-electron chi connectivity index (χ2n) is 5.03. The average molecular weight is 240 g/mol. The molecule has 1 rings (SSSR count). The summed E-state index contributed by atoms with van der Waals surface area (Å²) in [6.07, 6.45) is 0.775. The summed E-state index contributed by atoms with van der Waals surface area (Å²) in [6, 6.07) is 0. The van der Waals surface area contributed by atoms with Crippen LogP contribution in [0.25, 0.3) is 0 Å². The number of ether oxygens (including phenoxy) is 1. The number of aromatic nitrogens is 2. The molecule has 17 heavy (non-hydrogen) atoms. The highest BCUT2D eigenvalue weighted by Gasteiger charge is 2.24. The van der Waals surface area contributed by atoms with Crippen molar-refractivity contribution in [2.45, 2.75) is 46.6 Å². The van der Waals surface area contributed by atoms with Gasteiger partial charge in [0.2, 0.25) is 11.7 Å². The van der Waals surface area contributed by atoms with Crippen molar-refractivity contribution >= 4 is 5.78 Å². The van der Waals surface area contributed by atoms with Gasteiger partial charge in [0, 0.05) is 12.5 Å². The molecule has 0 saturated heterocycles. The van der Waals surface area contributed by atoms with E-state index in [0.29, 0.717) is 11.7 Å². The Hall–Kier alpha value is -1.23. The first-order chi connectivity index (χ1) is 7.88. The standard InChI is InChI=1S/C12H20N2O3/c1-6-8(16-5)11-13-10(17-14-11)7-9(15)12(2,3)4/h8H,6-7H2,1-5H3. The Morgan fingerprint density at radius 1 is 1.47 bits per heavy atom. The lowest BCUT2D eigenvalue weighted by Gasteiger charge is -2.14. The third-order valence-electron chi connectivity index (χ3n) is 2.58. The fourth-order valence-electron chi connectivity index (χ4n) is 1.33. The summed E-state index contributed by atoms with van der Waals surface area (Å²) >= 11 is 0. The van der Waals surface area contributed by atoms with E-state index >= 15 is 0 Å². The molecule has 0 aliphatic rings. The van der Waals surface area contributed by atoms with Crippen LogP contribution in [-0.2, 0) is 16.0 Å². The van der Waals surface area contributed by atoms with Crippen LogP contribution in [0.5, 0.6) is 0 Å². The summed E-state index contributed by atoms with van der Waals surface area (Å²) in [5, 5.41) is 3.83. The molecule has 0 N–H and O–H groups in total. The maximum absolute atomic E-state index is 11.8. The van der Waals surface area contributed by atoms with Gasteiger partial charge in [0.05, 0.1) is 6.42 Å². The fourth-order valence-corrected chi connectivity index (χ4v) is 1.33. The largest absolute Gasteiger partial charge is 0.373 e. The molecule has 1 aromatic heterocycles. The van der Waals surface area contributed by atoms with Gasteiger partial charge >= 0.3 is 0 Å². The summed E-state index contributed by atoms with van der Waals surface area (Å²) < 4.78 is 10.3. The van der Waals surface area contributed by atoms with Crippen LogP contribution in [0, 0.1) is 5.41 Å². The molecule has 0 amide bonds. The number of hydrogen-bond donors (Lipinski definition) is 0. The van der Waals surface area contributed by atoms with Crippen molar-refractivity contribution < 1.29 is 14.1 Å². The molecule has 0 bridgehead atoms. The molecule has 1 aromatic rings. The van der Waals surface area contributed by atoms with E-state index in [1.165, 1.54) is 0 Å². The first kappa shape index (κ1) is 13.8. The number of methoxy groups -OCH3 is 1. The second-order valence-corrected chi connectivity index (χ2v) is 5.03. The molecular formula is C12H20N2O3. The van der Waals surface area contributed by atoms with Gasteiger partial charge in [-0.15, -0.1) is 0 Å². The van der Waals surface area contributed by atoms with Crippen LogP contribution in [0.2, 0.25) is 0 Å². The molecule has 5 nitrogen and oxygen atoms in total. The summed E-state index contributed by atoms with van der Waals surface area (Å²) in [5.74, 6) is 0.945. The van der Waals surface area contributed by atoms with E-state index in [1.807, 2.05) is 27.7 Å². The van der Waals surface area contributed by atoms with Gasteiger partial charge in [-0.2, -0.15) is 4.98 Å². The topological polar surface area (TPSA) is 65.2 Å². The van der Waals surface area contributed by atoms with Gasteiger partial charge in [0.1, 0.15) is 11.9 Å². The molecule has 0 radical (unpaired) electrons. The van der Waals surface area contributed by atoms with Gasteiger partial charge in [-0.25, -0.2) is 0 Å². The first-order valence-electron chi connectivity index (χ1n) is 5.77. The number of nitrogens with zero attached hydrogens (tertiary/aromatic N) is 2. The Kier molecular flexibility index (Phi) is 4.40. The summed E-state index contributed by atoms with van der Waals surface area (Å²) in [5.41, 5.74) is -0.389. The minimum atomic E-state index is -0.389. The third-order valence-corrected chi connectivity index (χ3v) is 2.58. The van der Waals surface area contributed by atoms with Gasteiger partial charge in [-0.1, -0.05) is 32.9 Å². The molecule has 5 heteroatoms. The van der Waals surface area contributed by atoms with Crippen molar-refractivity contribution in [1.29, 1.82) is 0 Å². The molecule has 1 heterocycles. The Labute approximate surface area is 102 Å². The molecule has 0 saturated carbocycles. The Balaban J connectivity index is 2.72. The predicted molar refractivity (Wildman–Crippen MR) is 62.5 cm³/mol. The number of hydrogen-bond acceptors (Lipinski definition) is 5. The molecule has 0 fully saturated rings. The Morgan fingerprint density at radius 2 is 2.12 bits per heavy atom. The quantitative estimate of drug-likeness (QED) is 0.790. The monoisotopic (exact) mass is 240 g/mol. The molecule has 96 valence electrons. The fraction of sp³-hybridized carbons (Fsp3) is 0.750. The lowest BCUT2D eigenvalue weighted by Crippen LogP contribution is -2.22. The van der Waals surface area contributed by atoms with Crippen molar-refractivity contribution in [1.82, 2.24) is 10.1 Å². The molecular weight excluding hydrogens is 220 g/mol. The van der Waals surface area contributed by atoms with E-state index in [2.05, 4.69) is 10.1 Å². The Morgan fingerprint density at radius 3 is 2.59 bits per heavy atom. The van der Waals surface area contributed by atoms with Gasteiger partial charge in [0.25, 0.3) is 0 Å². The number of carbonyl (C=O) groups is 1. The predicted octanol–water partition coefficient (Wildman–Crippen LogP) is 2.32. The van der Waals surface area contributed by atoms with E-state index < -0.39 is 0 Å². The van der Waals surface area contributed by atoms with Crippen molar-refractivity contribution in [2.24, 2.45) is 5.41 Å². The average Bonchev–Trinajstić information content (AvgIpc) is 2.67. The van der Waals surface area contributed by atoms with Crippen molar-refractivity contribution in [3.63, 3.8) is 0 Å². The van der Waals surface area contributed by atoms with Gasteiger partial charge in [-0.05, 0) is 6.42 Å². The maximum Gasteiger partial charge on any atom is 0.234 e. The highest BCUT2D eigenvalue weighted by atomic mass is 16.5. The summed E-state index contributed by atoms with van der Waals surface area (Å²) in [4.78, 5) is 16.0. The number of Topliss-reactive ketones (excluding diaryl/α,β-unsaturated/α-hetero) is 1. The zero-order chi connectivity index (χ0) is 13.1. The minimum Gasteiger partial charge on any atom is -0.373 e. The smallest absolute Gasteiger partial charge is 0.234 e. The molecule has 0 aromatic carbocycles. The van der Waals surface area contributed by atoms with Crippen molar-refractivity contribution in [2.75, 3.05) is 7.11 Å². The first-order valence-corrected chi connectivity index (χ1v) is 5.77. The van der Waals surface area contributed by atoms with Crippen molar-refractivity contribution in [3.8, 4) is 0 Å². The van der Waals surface area contributed by atoms with E-state index in [-0.39, 0.29) is 23.7 Å². The lowest BCUT2D eigenvalue weighted by atomic mass is 9.89. The molecule has 1 atom stereocenters. The van der Waals surface area contributed by atoms with E-state index in [1.54, 1.807) is 7.11 Å². The lowest BCUT2D eigenvalue weighted by molar-refractivity contribution is -0.125. The maximum atomic E-state index is 11.8. The number of rotatable bonds is 5. The minimum absolute atomic E-state index is 0.0816. The van der Waals surface area contributed by atoms with Gasteiger partial charge in [0.15, 0.2) is 0 Å². The van der Waals surface area contributed by atoms with Crippen molar-refractivity contribution in [3.05, 3.63) is 11.7 Å². The molecule has 1 unspecified atom stereocenters. The van der Waals surface area contributed by atoms with Gasteiger partial charge in [-0.3, -0.25) is 4.79 Å². The normalized spacial score (nSPS) is 13.7. The van der Waals surface area contributed by atoms with E-state index in [4.69, 9.17) is 9.26 Å². The number of carbonyl (C=O) groups excluding carboxylic acids is 1. The molecule has 0 spiro atoms. The van der Waals surface area contributed by atoms with Gasteiger partial charge < -0.3 is 9.26 Å². The molecule has 0 aliphatic heterocycles. The van der Waals surface area contributed by atoms with E-state index in [9.17, 15) is 4.79 Å². The van der Waals surface area contributed by atoms with E-state index in [0.717, 1.165) is 6.42 Å². The summed E-state index contributed by atoms with van der Waals surface area (Å²) in [6.45, 7) is 7.59. The zero-order valence-electron chi connectivity index (χ0n) is 11.1.